The third-order valence-electron chi connectivity index (χ3n) is 2.01. The van der Waals surface area contributed by atoms with Crippen LogP contribution in [-0.2, 0) is 4.79 Å². The predicted molar refractivity (Wildman–Crippen MR) is 63.7 cm³/mol. The molecule has 3 nitrogen and oxygen atoms in total. The van der Waals surface area contributed by atoms with E-state index in [1.54, 1.807) is 12.1 Å². The summed E-state index contributed by atoms with van der Waals surface area (Å²) in [4.78, 5) is 10.3. The number of hydrogen-bond acceptors (Lipinski definition) is 2. The molecule has 0 aliphatic rings. The summed E-state index contributed by atoms with van der Waals surface area (Å²) in [6, 6.07) is 4.76. The fourth-order valence-electron chi connectivity index (χ4n) is 1.30. The monoisotopic (exact) mass is 247 g/mol. The first kappa shape index (κ1) is 14.7. The molecule has 0 radical (unpaired) electrons. The van der Waals surface area contributed by atoms with E-state index in [2.05, 4.69) is 0 Å². The van der Waals surface area contributed by atoms with Gasteiger partial charge >= 0.3 is 0 Å². The van der Waals surface area contributed by atoms with Crippen molar-refractivity contribution in [1.29, 1.82) is 0 Å². The molecule has 0 spiro atoms. The molecule has 0 saturated heterocycles. The molecule has 5 heteroatoms. The van der Waals surface area contributed by atoms with Crippen LogP contribution in [-0.4, -0.2) is 24.7 Å². The van der Waals surface area contributed by atoms with Crippen molar-refractivity contribution < 1.29 is 14.3 Å². The van der Waals surface area contributed by atoms with Gasteiger partial charge in [0.15, 0.2) is 0 Å². The quantitative estimate of drug-likeness (QED) is 0.835. The molecule has 1 aromatic carbocycles. The van der Waals surface area contributed by atoms with Crippen LogP contribution in [0.5, 0.6) is 0 Å². The van der Waals surface area contributed by atoms with Crippen LogP contribution in [0.2, 0.25) is 5.02 Å². The van der Waals surface area contributed by atoms with E-state index in [1.165, 1.54) is 6.07 Å². The first-order chi connectivity index (χ1) is 7.60. The molecular formula is C11H15ClFNO2. The maximum atomic E-state index is 13.3. The number of rotatable bonds is 3. The molecule has 0 fully saturated rings. The Labute approximate surface area is 99.4 Å². The van der Waals surface area contributed by atoms with Gasteiger partial charge in [0, 0.05) is 18.1 Å². The van der Waals surface area contributed by atoms with E-state index in [-0.39, 0.29) is 12.3 Å². The minimum absolute atomic E-state index is 0.250. The smallest absolute Gasteiger partial charge is 0.290 e. The normalized spacial score (nSPS) is 9.00. The number of carboxylic acid groups (broad SMARTS) is 1. The Morgan fingerprint density at radius 2 is 1.94 bits per heavy atom. The summed E-state index contributed by atoms with van der Waals surface area (Å²) in [5.74, 6) is -0.254. The Morgan fingerprint density at radius 1 is 1.44 bits per heavy atom. The summed E-state index contributed by atoms with van der Waals surface area (Å²) in [7, 11) is 0. The van der Waals surface area contributed by atoms with Crippen LogP contribution in [0.4, 0.5) is 10.1 Å². The summed E-state index contributed by atoms with van der Waals surface area (Å²) in [5.41, 5.74) is 0.620. The van der Waals surface area contributed by atoms with Gasteiger partial charge in [-0.1, -0.05) is 11.6 Å². The van der Waals surface area contributed by atoms with Crippen molar-refractivity contribution in [3.63, 3.8) is 0 Å². The van der Waals surface area contributed by atoms with E-state index in [4.69, 9.17) is 21.5 Å². The van der Waals surface area contributed by atoms with Crippen molar-refractivity contribution in [3.05, 3.63) is 29.0 Å². The van der Waals surface area contributed by atoms with Gasteiger partial charge in [0.05, 0.1) is 5.69 Å². The Balaban J connectivity index is 0.000000673. The minimum atomic E-state index is -0.254. The van der Waals surface area contributed by atoms with Crippen molar-refractivity contribution in [1.82, 2.24) is 0 Å². The highest BCUT2D eigenvalue weighted by atomic mass is 35.5. The molecule has 16 heavy (non-hydrogen) atoms. The van der Waals surface area contributed by atoms with Gasteiger partial charge < -0.3 is 10.0 Å². The average Bonchev–Trinajstić information content (AvgIpc) is 2.24. The molecule has 0 heterocycles. The molecule has 0 aromatic heterocycles. The van der Waals surface area contributed by atoms with Gasteiger partial charge in [-0.3, -0.25) is 4.79 Å². The largest absolute Gasteiger partial charge is 0.483 e. The first-order valence-corrected chi connectivity index (χ1v) is 5.26. The molecular weight excluding hydrogens is 233 g/mol. The van der Waals surface area contributed by atoms with Gasteiger partial charge in [-0.2, -0.15) is 0 Å². The van der Waals surface area contributed by atoms with Gasteiger partial charge in [-0.05, 0) is 32.0 Å². The zero-order valence-electron chi connectivity index (χ0n) is 9.28. The SMILES string of the molecule is CCN(CC)c1ccc(Cl)cc1F.O=CO. The second-order valence-corrected chi connectivity index (χ2v) is 3.31. The van der Waals surface area contributed by atoms with E-state index < -0.39 is 0 Å². The third-order valence-corrected chi connectivity index (χ3v) is 2.25. The molecule has 1 rings (SSSR count). The molecule has 0 aliphatic heterocycles. The van der Waals surface area contributed by atoms with Crippen molar-refractivity contribution in [2.24, 2.45) is 0 Å². The van der Waals surface area contributed by atoms with Crippen LogP contribution in [0.25, 0.3) is 0 Å². The number of halogens is 2. The lowest BCUT2D eigenvalue weighted by Crippen LogP contribution is -2.22. The molecule has 1 aromatic rings. The number of nitrogens with zero attached hydrogens (tertiary/aromatic N) is 1. The van der Waals surface area contributed by atoms with E-state index in [1.807, 2.05) is 18.7 Å². The van der Waals surface area contributed by atoms with Crippen molar-refractivity contribution >= 4 is 23.8 Å². The van der Waals surface area contributed by atoms with Gasteiger partial charge in [0.25, 0.3) is 6.47 Å². The summed E-state index contributed by atoms with van der Waals surface area (Å²) < 4.78 is 13.3. The van der Waals surface area contributed by atoms with Crippen LogP contribution in [0.1, 0.15) is 13.8 Å². The van der Waals surface area contributed by atoms with Gasteiger partial charge in [0.1, 0.15) is 5.82 Å². The van der Waals surface area contributed by atoms with Crippen molar-refractivity contribution in [2.45, 2.75) is 13.8 Å². The standard InChI is InChI=1S/C10H13ClFN.CH2O2/c1-3-13(4-2)10-6-5-8(11)7-9(10)12;2-1-3/h5-7H,3-4H2,1-2H3;1H,(H,2,3). The van der Waals surface area contributed by atoms with Crippen molar-refractivity contribution in [2.75, 3.05) is 18.0 Å². The highest BCUT2D eigenvalue weighted by Gasteiger charge is 2.07. The van der Waals surface area contributed by atoms with Gasteiger partial charge in [0.2, 0.25) is 0 Å². The molecule has 0 aliphatic carbocycles. The van der Waals surface area contributed by atoms with E-state index in [0.29, 0.717) is 10.7 Å². The van der Waals surface area contributed by atoms with E-state index in [9.17, 15) is 4.39 Å². The van der Waals surface area contributed by atoms with Gasteiger partial charge in [-0.25, -0.2) is 4.39 Å². The number of carbonyl (C=O) groups is 1. The van der Waals surface area contributed by atoms with Crippen LogP contribution in [0.3, 0.4) is 0 Å². The maximum Gasteiger partial charge on any atom is 0.290 e. The molecule has 0 amide bonds. The second-order valence-electron chi connectivity index (χ2n) is 2.87. The molecule has 1 N–H and O–H groups in total. The predicted octanol–water partition coefficient (Wildman–Crippen LogP) is 3.03. The molecule has 0 bridgehead atoms. The summed E-state index contributed by atoms with van der Waals surface area (Å²) >= 11 is 5.65. The topological polar surface area (TPSA) is 40.5 Å². The zero-order chi connectivity index (χ0) is 12.6. The fourth-order valence-corrected chi connectivity index (χ4v) is 1.46. The summed E-state index contributed by atoms with van der Waals surface area (Å²) in [6.45, 7) is 5.35. The Bertz CT molecular complexity index is 330. The summed E-state index contributed by atoms with van der Waals surface area (Å²) in [6.07, 6.45) is 0. The highest BCUT2D eigenvalue weighted by Crippen LogP contribution is 2.22. The van der Waals surface area contributed by atoms with Crippen LogP contribution in [0.15, 0.2) is 18.2 Å². The van der Waals surface area contributed by atoms with Crippen LogP contribution in [0, 0.1) is 5.82 Å². The minimum Gasteiger partial charge on any atom is -0.483 e. The lowest BCUT2D eigenvalue weighted by molar-refractivity contribution is -0.122. The Kier molecular flexibility index (Phi) is 7.29. The molecule has 90 valence electrons. The molecule has 0 atom stereocenters. The van der Waals surface area contributed by atoms with Crippen LogP contribution >= 0.6 is 11.6 Å². The van der Waals surface area contributed by atoms with Gasteiger partial charge in [-0.15, -0.1) is 0 Å². The van der Waals surface area contributed by atoms with Crippen LogP contribution < -0.4 is 4.90 Å². The van der Waals surface area contributed by atoms with Crippen molar-refractivity contribution in [3.8, 4) is 0 Å². The lowest BCUT2D eigenvalue weighted by atomic mass is 10.2. The highest BCUT2D eigenvalue weighted by molar-refractivity contribution is 6.30. The molecule has 0 unspecified atom stereocenters. The number of benzene rings is 1. The Morgan fingerprint density at radius 3 is 2.31 bits per heavy atom. The number of hydrogen-bond donors (Lipinski definition) is 1. The Hall–Kier alpha value is -1.29. The molecule has 0 saturated carbocycles. The lowest BCUT2D eigenvalue weighted by Gasteiger charge is -2.21. The second kappa shape index (κ2) is 7.93. The summed E-state index contributed by atoms with van der Waals surface area (Å²) in [5, 5.41) is 7.33. The first-order valence-electron chi connectivity index (χ1n) is 4.88. The van der Waals surface area contributed by atoms with E-state index in [0.717, 1.165) is 13.1 Å². The maximum absolute atomic E-state index is 13.3. The number of anilines is 1. The third kappa shape index (κ3) is 4.49. The zero-order valence-corrected chi connectivity index (χ0v) is 10.0. The average molecular weight is 248 g/mol. The van der Waals surface area contributed by atoms with E-state index >= 15 is 0 Å². The fraction of sp³-hybridized carbons (Fsp3) is 0.364.